The number of benzene rings is 1. The summed E-state index contributed by atoms with van der Waals surface area (Å²) in [7, 11) is 0. The average molecular weight is 484 g/mol. The second-order valence-electron chi connectivity index (χ2n) is 10.3. The first-order valence-electron chi connectivity index (χ1n) is 12.5. The van der Waals surface area contributed by atoms with Gasteiger partial charge in [0.05, 0.1) is 6.54 Å². The minimum atomic E-state index is -0.176. The summed E-state index contributed by atoms with van der Waals surface area (Å²) in [6, 6.07) is 14.2. The van der Waals surface area contributed by atoms with E-state index in [4.69, 9.17) is 9.97 Å². The number of anilines is 3. The van der Waals surface area contributed by atoms with Crippen molar-refractivity contribution in [1.82, 2.24) is 24.3 Å². The summed E-state index contributed by atoms with van der Waals surface area (Å²) >= 11 is 0. The Kier molecular flexibility index (Phi) is 6.35. The van der Waals surface area contributed by atoms with Crippen molar-refractivity contribution in [2.75, 3.05) is 23.3 Å². The van der Waals surface area contributed by atoms with Crippen molar-refractivity contribution in [1.29, 1.82) is 0 Å². The van der Waals surface area contributed by atoms with E-state index >= 15 is 0 Å². The van der Waals surface area contributed by atoms with Crippen molar-refractivity contribution in [2.45, 2.75) is 52.0 Å². The van der Waals surface area contributed by atoms with Crippen LogP contribution in [0.15, 0.2) is 66.1 Å². The molecule has 0 unspecified atom stereocenters. The first kappa shape index (κ1) is 23.8. The zero-order valence-corrected chi connectivity index (χ0v) is 21.2. The lowest BCUT2D eigenvalue weighted by atomic mass is 9.92. The van der Waals surface area contributed by atoms with Gasteiger partial charge in [-0.05, 0) is 55.7 Å². The number of nitrogens with one attached hydrogen (secondary N) is 1. The topological polar surface area (TPSA) is 80.9 Å². The van der Waals surface area contributed by atoms with Gasteiger partial charge in [-0.25, -0.2) is 19.3 Å². The summed E-state index contributed by atoms with van der Waals surface area (Å²) in [6.45, 7) is 12.7. The van der Waals surface area contributed by atoms with E-state index in [2.05, 4.69) is 54.7 Å². The molecule has 1 aliphatic heterocycles. The summed E-state index contributed by atoms with van der Waals surface area (Å²) in [5.41, 5.74) is 3.25. The Morgan fingerprint density at radius 3 is 2.47 bits per heavy atom. The van der Waals surface area contributed by atoms with Gasteiger partial charge in [-0.3, -0.25) is 4.79 Å². The Bertz CT molecular complexity index is 1440. The first-order valence-corrected chi connectivity index (χ1v) is 12.5. The molecule has 36 heavy (non-hydrogen) atoms. The highest BCUT2D eigenvalue weighted by atomic mass is 16.1. The number of nitrogens with zero attached hydrogens (tertiary/aromatic N) is 6. The summed E-state index contributed by atoms with van der Waals surface area (Å²) in [5.74, 6) is 1.05. The number of hydrogen-bond acceptors (Lipinski definition) is 6. The lowest BCUT2D eigenvalue weighted by Gasteiger charge is -2.28. The normalized spacial score (nSPS) is 14.2. The molecule has 1 aliphatic rings. The molecule has 8 nitrogen and oxygen atoms in total. The molecule has 0 spiro atoms. The van der Waals surface area contributed by atoms with Crippen molar-refractivity contribution < 1.29 is 0 Å². The van der Waals surface area contributed by atoms with E-state index in [1.54, 1.807) is 21.6 Å². The lowest BCUT2D eigenvalue weighted by Crippen LogP contribution is -2.29. The van der Waals surface area contributed by atoms with E-state index in [9.17, 15) is 4.79 Å². The minimum absolute atomic E-state index is 0.134. The van der Waals surface area contributed by atoms with Crippen molar-refractivity contribution in [3.63, 3.8) is 0 Å². The van der Waals surface area contributed by atoms with Crippen LogP contribution < -0.4 is 15.8 Å². The maximum atomic E-state index is 13.2. The summed E-state index contributed by atoms with van der Waals surface area (Å²) in [5, 5.41) is 3.73. The van der Waals surface area contributed by atoms with E-state index in [1.807, 2.05) is 30.3 Å². The largest absolute Gasteiger partial charge is 0.372 e. The SMILES string of the molecule is C=CCn1c(=O)c2cnc(Nc3ccc(N4CCCCC4)cc3)nc2n1-c1cccc(C(C)(C)C)n1. The molecule has 1 aromatic carbocycles. The van der Waals surface area contributed by atoms with Crippen LogP contribution in [0, 0.1) is 0 Å². The Hall–Kier alpha value is -3.94. The molecule has 0 saturated carbocycles. The molecule has 4 aromatic rings. The predicted octanol–water partition coefficient (Wildman–Crippen LogP) is 5.19. The molecule has 0 aliphatic carbocycles. The molecule has 1 saturated heterocycles. The number of aromatic nitrogens is 5. The van der Waals surface area contributed by atoms with Gasteiger partial charge in [-0.15, -0.1) is 6.58 Å². The highest BCUT2D eigenvalue weighted by molar-refractivity contribution is 5.77. The van der Waals surface area contributed by atoms with Gasteiger partial charge < -0.3 is 10.2 Å². The molecule has 4 heterocycles. The number of allylic oxidation sites excluding steroid dienone is 1. The van der Waals surface area contributed by atoms with Gasteiger partial charge in [0.2, 0.25) is 5.95 Å². The van der Waals surface area contributed by atoms with Crippen LogP contribution in [-0.2, 0) is 12.0 Å². The fourth-order valence-corrected chi connectivity index (χ4v) is 4.60. The van der Waals surface area contributed by atoms with Crippen LogP contribution in [0.3, 0.4) is 0 Å². The van der Waals surface area contributed by atoms with E-state index in [1.165, 1.54) is 24.9 Å². The number of pyridine rings is 1. The molecular weight excluding hydrogens is 450 g/mol. The Balaban J connectivity index is 1.53. The number of fused-ring (bicyclic) bond motifs is 1. The van der Waals surface area contributed by atoms with Gasteiger partial charge >= 0.3 is 0 Å². The Labute approximate surface area is 211 Å². The quantitative estimate of drug-likeness (QED) is 0.380. The maximum absolute atomic E-state index is 13.2. The average Bonchev–Trinajstić information content (AvgIpc) is 3.15. The van der Waals surface area contributed by atoms with Gasteiger partial charge in [0.25, 0.3) is 5.56 Å². The van der Waals surface area contributed by atoms with Crippen LogP contribution >= 0.6 is 0 Å². The molecule has 0 amide bonds. The second-order valence-corrected chi connectivity index (χ2v) is 10.3. The third kappa shape index (κ3) is 4.63. The molecule has 0 atom stereocenters. The van der Waals surface area contributed by atoms with Gasteiger partial charge in [0.15, 0.2) is 11.5 Å². The third-order valence-corrected chi connectivity index (χ3v) is 6.54. The molecular formula is C28H33N7O. The smallest absolute Gasteiger partial charge is 0.278 e. The standard InChI is InChI=1S/C28H33N7O/c1-5-16-34-26(36)22-19-29-27(30-20-12-14-21(15-13-20)33-17-7-6-8-18-33)32-25(22)35(34)24-11-9-10-23(31-24)28(2,3)4/h5,9-15,19H,1,6-8,16-18H2,2-4H3,(H,29,30,32). The molecule has 1 N–H and O–H groups in total. The molecule has 0 radical (unpaired) electrons. The second kappa shape index (κ2) is 9.60. The number of hydrogen-bond donors (Lipinski definition) is 1. The highest BCUT2D eigenvalue weighted by Gasteiger charge is 2.21. The zero-order chi connectivity index (χ0) is 25.3. The van der Waals surface area contributed by atoms with Crippen molar-refractivity contribution in [3.05, 3.63) is 77.4 Å². The fourth-order valence-electron chi connectivity index (χ4n) is 4.60. The summed E-state index contributed by atoms with van der Waals surface area (Å²) < 4.78 is 3.36. The number of piperidine rings is 1. The molecule has 0 bridgehead atoms. The molecule has 5 rings (SSSR count). The van der Waals surface area contributed by atoms with Crippen molar-refractivity contribution in [3.8, 4) is 5.82 Å². The Morgan fingerprint density at radius 1 is 1.03 bits per heavy atom. The monoisotopic (exact) mass is 483 g/mol. The summed E-state index contributed by atoms with van der Waals surface area (Å²) in [4.78, 5) is 29.7. The van der Waals surface area contributed by atoms with E-state index in [-0.39, 0.29) is 11.0 Å². The molecule has 8 heteroatoms. The maximum Gasteiger partial charge on any atom is 0.278 e. The van der Waals surface area contributed by atoms with Crippen LogP contribution in [0.4, 0.5) is 17.3 Å². The van der Waals surface area contributed by atoms with Crippen LogP contribution in [-0.4, -0.2) is 37.4 Å². The Morgan fingerprint density at radius 2 is 1.78 bits per heavy atom. The third-order valence-electron chi connectivity index (χ3n) is 6.54. The van der Waals surface area contributed by atoms with Crippen LogP contribution in [0.5, 0.6) is 0 Å². The minimum Gasteiger partial charge on any atom is -0.372 e. The fraction of sp³-hybridized carbons (Fsp3) is 0.357. The molecule has 3 aromatic heterocycles. The van der Waals surface area contributed by atoms with Crippen LogP contribution in [0.1, 0.15) is 45.7 Å². The van der Waals surface area contributed by atoms with E-state index in [0.29, 0.717) is 29.3 Å². The van der Waals surface area contributed by atoms with Gasteiger partial charge in [0.1, 0.15) is 5.39 Å². The lowest BCUT2D eigenvalue weighted by molar-refractivity contribution is 0.554. The van der Waals surface area contributed by atoms with Gasteiger partial charge in [-0.1, -0.05) is 32.9 Å². The predicted molar refractivity (Wildman–Crippen MR) is 146 cm³/mol. The van der Waals surface area contributed by atoms with Crippen molar-refractivity contribution in [2.24, 2.45) is 0 Å². The van der Waals surface area contributed by atoms with Crippen LogP contribution in [0.25, 0.3) is 16.9 Å². The van der Waals surface area contributed by atoms with Crippen LogP contribution in [0.2, 0.25) is 0 Å². The first-order chi connectivity index (χ1) is 17.3. The van der Waals surface area contributed by atoms with E-state index in [0.717, 1.165) is 24.5 Å². The highest BCUT2D eigenvalue weighted by Crippen LogP contribution is 2.25. The molecule has 1 fully saturated rings. The molecule has 186 valence electrons. The van der Waals surface area contributed by atoms with Gasteiger partial charge in [0, 0.05) is 41.8 Å². The number of rotatable bonds is 6. The van der Waals surface area contributed by atoms with Gasteiger partial charge in [-0.2, -0.15) is 4.98 Å². The summed E-state index contributed by atoms with van der Waals surface area (Å²) in [6.07, 6.45) is 7.08. The van der Waals surface area contributed by atoms with Crippen molar-refractivity contribution >= 4 is 28.4 Å². The van der Waals surface area contributed by atoms with E-state index < -0.39 is 0 Å². The zero-order valence-electron chi connectivity index (χ0n) is 21.2.